The van der Waals surface area contributed by atoms with E-state index in [1.807, 2.05) is 0 Å². The molecule has 0 aliphatic rings. The number of methoxy groups -OCH3 is 2. The number of rotatable bonds is 8. The van der Waals surface area contributed by atoms with E-state index >= 15 is 0 Å². The lowest BCUT2D eigenvalue weighted by Gasteiger charge is -2.11. The van der Waals surface area contributed by atoms with E-state index in [2.05, 4.69) is 19.4 Å². The number of aromatic nitrogens is 2. The quantitative estimate of drug-likeness (QED) is 0.462. The molecular weight excluding hydrogens is 503 g/mol. The Morgan fingerprint density at radius 1 is 0.750 bits per heavy atom. The lowest BCUT2D eigenvalue weighted by Crippen LogP contribution is -2.15. The van der Waals surface area contributed by atoms with Crippen LogP contribution in [0.4, 0.5) is 11.5 Å². The molecule has 32 heavy (non-hydrogen) atoms. The molecule has 0 bridgehead atoms. The van der Waals surface area contributed by atoms with Crippen LogP contribution in [-0.2, 0) is 20.0 Å². The first-order chi connectivity index (χ1) is 15.0. The van der Waals surface area contributed by atoms with Crippen molar-refractivity contribution in [2.45, 2.75) is 9.79 Å². The summed E-state index contributed by atoms with van der Waals surface area (Å²) in [4.78, 5) is 7.56. The lowest BCUT2D eigenvalue weighted by atomic mass is 10.3. The van der Waals surface area contributed by atoms with Crippen LogP contribution < -0.4 is 18.9 Å². The maximum atomic E-state index is 12.7. The van der Waals surface area contributed by atoms with Crippen LogP contribution in [0.5, 0.6) is 11.9 Å². The van der Waals surface area contributed by atoms with Gasteiger partial charge in [-0.25, -0.2) is 16.8 Å². The van der Waals surface area contributed by atoms with Gasteiger partial charge in [-0.1, -0.05) is 23.2 Å². The summed E-state index contributed by atoms with van der Waals surface area (Å²) in [5, 5.41) is 0.298. The number of ether oxygens (including phenoxy) is 2. The van der Waals surface area contributed by atoms with Gasteiger partial charge in [0.05, 0.1) is 34.1 Å². The number of halogens is 2. The summed E-state index contributed by atoms with van der Waals surface area (Å²) < 4.78 is 64.9. The Bertz CT molecular complexity index is 1330. The summed E-state index contributed by atoms with van der Waals surface area (Å²) in [6, 6.07) is 10.1. The van der Waals surface area contributed by atoms with Crippen molar-refractivity contribution < 1.29 is 26.3 Å². The smallest absolute Gasteiger partial charge is 0.321 e. The molecule has 0 radical (unpaired) electrons. The van der Waals surface area contributed by atoms with E-state index in [-0.39, 0.29) is 43.2 Å². The highest BCUT2D eigenvalue weighted by atomic mass is 35.5. The van der Waals surface area contributed by atoms with Crippen LogP contribution in [0.3, 0.4) is 0 Å². The molecule has 0 aliphatic carbocycles. The topological polar surface area (TPSA) is 137 Å². The molecule has 0 saturated carbocycles. The summed E-state index contributed by atoms with van der Waals surface area (Å²) in [7, 11) is -5.33. The third kappa shape index (κ3) is 5.51. The van der Waals surface area contributed by atoms with E-state index in [4.69, 9.17) is 32.7 Å². The van der Waals surface area contributed by atoms with Crippen LogP contribution in [0.15, 0.2) is 58.3 Å². The van der Waals surface area contributed by atoms with Gasteiger partial charge in [-0.2, -0.15) is 9.97 Å². The molecule has 1 heterocycles. The molecule has 0 fully saturated rings. The fraction of sp³-hybridized carbons (Fsp3) is 0.111. The van der Waals surface area contributed by atoms with Gasteiger partial charge in [0.2, 0.25) is 5.88 Å². The van der Waals surface area contributed by atoms with E-state index in [9.17, 15) is 16.8 Å². The normalized spacial score (nSPS) is 11.6. The maximum Gasteiger partial charge on any atom is 0.321 e. The Morgan fingerprint density at radius 3 is 1.97 bits per heavy atom. The van der Waals surface area contributed by atoms with Gasteiger partial charge in [0.25, 0.3) is 20.0 Å². The molecule has 170 valence electrons. The zero-order valence-electron chi connectivity index (χ0n) is 16.5. The zero-order chi connectivity index (χ0) is 23.5. The predicted octanol–water partition coefficient (Wildman–Crippen LogP) is 3.40. The van der Waals surface area contributed by atoms with Crippen molar-refractivity contribution in [3.8, 4) is 11.9 Å². The molecule has 3 rings (SSSR count). The number of nitrogens with zero attached hydrogens (tertiary/aromatic N) is 2. The van der Waals surface area contributed by atoms with Crippen LogP contribution in [0.1, 0.15) is 0 Å². The Morgan fingerprint density at radius 2 is 1.38 bits per heavy atom. The van der Waals surface area contributed by atoms with E-state index in [0.29, 0.717) is 0 Å². The molecule has 0 spiro atoms. The van der Waals surface area contributed by atoms with Gasteiger partial charge >= 0.3 is 6.01 Å². The number of anilines is 2. The second-order valence-corrected chi connectivity index (χ2v) is 10.3. The summed E-state index contributed by atoms with van der Waals surface area (Å²) in [6.45, 7) is 0. The minimum Gasteiger partial charge on any atom is -0.481 e. The van der Waals surface area contributed by atoms with E-state index in [1.54, 1.807) is 0 Å². The number of nitrogens with one attached hydrogen (secondary N) is 2. The molecule has 2 aromatic carbocycles. The zero-order valence-corrected chi connectivity index (χ0v) is 19.7. The second kappa shape index (κ2) is 9.36. The van der Waals surface area contributed by atoms with E-state index in [0.717, 1.165) is 0 Å². The molecule has 0 amide bonds. The number of benzene rings is 2. The number of hydrogen-bond acceptors (Lipinski definition) is 8. The molecule has 0 atom stereocenters. The van der Waals surface area contributed by atoms with Crippen molar-refractivity contribution >= 4 is 54.8 Å². The third-order valence-electron chi connectivity index (χ3n) is 3.93. The first kappa shape index (κ1) is 23.9. The highest BCUT2D eigenvalue weighted by molar-refractivity contribution is 7.93. The fourth-order valence-electron chi connectivity index (χ4n) is 2.41. The van der Waals surface area contributed by atoms with Crippen molar-refractivity contribution in [3.63, 3.8) is 0 Å². The van der Waals surface area contributed by atoms with E-state index in [1.165, 1.54) is 62.8 Å². The standard InChI is InChI=1S/C18H16Cl2N4O6S2/c1-29-17-10-16(21-18(22-17)30-2)24-31(25,26)12-5-3-11(4-6-12)23-32(27,28)13-7-8-14(19)15(20)9-13/h3-10,23H,1-2H3,(H,21,22,24). The molecular formula is C18H16Cl2N4O6S2. The molecule has 0 aliphatic heterocycles. The summed E-state index contributed by atoms with van der Waals surface area (Å²) >= 11 is 11.7. The molecule has 10 nitrogen and oxygen atoms in total. The Hall–Kier alpha value is -2.80. The number of hydrogen-bond donors (Lipinski definition) is 2. The largest absolute Gasteiger partial charge is 0.481 e. The second-order valence-electron chi connectivity index (χ2n) is 6.09. The van der Waals surface area contributed by atoms with Crippen LogP contribution in [0.2, 0.25) is 10.0 Å². The molecule has 2 N–H and O–H groups in total. The lowest BCUT2D eigenvalue weighted by molar-refractivity contribution is 0.353. The molecule has 0 unspecified atom stereocenters. The highest BCUT2D eigenvalue weighted by Crippen LogP contribution is 2.27. The van der Waals surface area contributed by atoms with Crippen LogP contribution in [-0.4, -0.2) is 41.0 Å². The molecule has 14 heteroatoms. The van der Waals surface area contributed by atoms with Gasteiger partial charge in [0.15, 0.2) is 5.82 Å². The maximum absolute atomic E-state index is 12.7. The third-order valence-corrected chi connectivity index (χ3v) is 7.42. The molecule has 3 aromatic rings. The summed E-state index contributed by atoms with van der Waals surface area (Å²) in [5.41, 5.74) is 0.139. The van der Waals surface area contributed by atoms with Crippen LogP contribution in [0, 0.1) is 0 Å². The van der Waals surface area contributed by atoms with Crippen molar-refractivity contribution in [1.82, 2.24) is 9.97 Å². The van der Waals surface area contributed by atoms with Gasteiger partial charge < -0.3 is 9.47 Å². The highest BCUT2D eigenvalue weighted by Gasteiger charge is 2.19. The minimum absolute atomic E-state index is 0.0712. The van der Waals surface area contributed by atoms with Crippen LogP contribution >= 0.6 is 23.2 Å². The van der Waals surface area contributed by atoms with Gasteiger partial charge in [-0.15, -0.1) is 0 Å². The minimum atomic E-state index is -4.05. The fourth-order valence-corrected chi connectivity index (χ4v) is 4.85. The predicted molar refractivity (Wildman–Crippen MR) is 120 cm³/mol. The van der Waals surface area contributed by atoms with E-state index < -0.39 is 20.0 Å². The first-order valence-corrected chi connectivity index (χ1v) is 12.3. The summed E-state index contributed by atoms with van der Waals surface area (Å²) in [6.07, 6.45) is 0. The van der Waals surface area contributed by atoms with Crippen molar-refractivity contribution in [1.29, 1.82) is 0 Å². The van der Waals surface area contributed by atoms with Crippen molar-refractivity contribution in [2.75, 3.05) is 23.7 Å². The van der Waals surface area contributed by atoms with Gasteiger partial charge in [0, 0.05) is 11.8 Å². The van der Waals surface area contributed by atoms with Gasteiger partial charge in [-0.3, -0.25) is 9.44 Å². The van der Waals surface area contributed by atoms with Gasteiger partial charge in [-0.05, 0) is 42.5 Å². The van der Waals surface area contributed by atoms with Crippen molar-refractivity contribution in [2.24, 2.45) is 0 Å². The average molecular weight is 519 g/mol. The van der Waals surface area contributed by atoms with Crippen molar-refractivity contribution in [3.05, 3.63) is 58.6 Å². The molecule has 0 saturated heterocycles. The number of sulfonamides is 2. The summed E-state index contributed by atoms with van der Waals surface area (Å²) in [5.74, 6) is 0.0275. The monoisotopic (exact) mass is 518 g/mol. The molecule has 1 aromatic heterocycles. The average Bonchev–Trinajstić information content (AvgIpc) is 2.75. The Kier molecular flexibility index (Phi) is 6.98. The Labute approximate surface area is 194 Å². The van der Waals surface area contributed by atoms with Crippen LogP contribution in [0.25, 0.3) is 0 Å². The Balaban J connectivity index is 1.80. The van der Waals surface area contributed by atoms with Gasteiger partial charge in [0.1, 0.15) is 0 Å². The SMILES string of the molecule is COc1cc(NS(=O)(=O)c2ccc(NS(=O)(=O)c3ccc(Cl)c(Cl)c3)cc2)nc(OC)n1. The first-order valence-electron chi connectivity index (χ1n) is 8.62.